The van der Waals surface area contributed by atoms with Gasteiger partial charge in [0.25, 0.3) is 0 Å². The van der Waals surface area contributed by atoms with Crippen molar-refractivity contribution >= 4 is 23.2 Å². The summed E-state index contributed by atoms with van der Waals surface area (Å²) in [7, 11) is 0. The Bertz CT molecular complexity index is 303. The van der Waals surface area contributed by atoms with Gasteiger partial charge in [0.05, 0.1) is 0 Å². The summed E-state index contributed by atoms with van der Waals surface area (Å²) in [5, 5.41) is 1.03. The smallest absolute Gasteiger partial charge is 0.137 e. The van der Waals surface area contributed by atoms with Gasteiger partial charge in [-0.2, -0.15) is 0 Å². The monoisotopic (exact) mass is 246 g/mol. The molecule has 0 bridgehead atoms. The lowest BCUT2D eigenvalue weighted by molar-refractivity contribution is 0.747. The van der Waals surface area contributed by atoms with E-state index in [2.05, 4.69) is 23.8 Å². The highest BCUT2D eigenvalue weighted by Gasteiger charge is 2.10. The predicted molar refractivity (Wildman–Crippen MR) is 64.7 cm³/mol. The average Bonchev–Trinajstić information content (AvgIpc) is 2.20. The maximum Gasteiger partial charge on any atom is 0.137 e. The lowest BCUT2D eigenvalue weighted by Crippen LogP contribution is -2.00. The van der Waals surface area contributed by atoms with Crippen LogP contribution in [0.25, 0.3) is 0 Å². The Balaban J connectivity index is 2.87. The average molecular weight is 247 g/mol. The number of hydrogen-bond donors (Lipinski definition) is 0. The highest BCUT2D eigenvalue weighted by molar-refractivity contribution is 6.34. The summed E-state index contributed by atoms with van der Waals surface area (Å²) in [6, 6.07) is 0. The Morgan fingerprint density at radius 3 is 2.00 bits per heavy atom. The minimum absolute atomic E-state index is 0.517. The van der Waals surface area contributed by atoms with Gasteiger partial charge in [-0.15, -0.1) is 0 Å². The Hall–Kier alpha value is -0.340. The molecule has 1 heterocycles. The van der Waals surface area contributed by atoms with Crippen LogP contribution in [0, 0.1) is 0 Å². The normalized spacial score (nSPS) is 10.7. The third kappa shape index (κ3) is 3.62. The van der Waals surface area contributed by atoms with Crippen LogP contribution in [0.2, 0.25) is 10.3 Å². The van der Waals surface area contributed by atoms with Crippen molar-refractivity contribution in [2.24, 2.45) is 0 Å². The van der Waals surface area contributed by atoms with Gasteiger partial charge in [0, 0.05) is 12.0 Å². The Labute approximate surface area is 101 Å². The summed E-state index contributed by atoms with van der Waals surface area (Å²) in [6.07, 6.45) is 4.88. The minimum Gasteiger partial charge on any atom is -0.221 e. The highest BCUT2D eigenvalue weighted by Crippen LogP contribution is 2.23. The molecule has 0 fully saturated rings. The Morgan fingerprint density at radius 2 is 1.53 bits per heavy atom. The zero-order chi connectivity index (χ0) is 11.3. The van der Waals surface area contributed by atoms with Crippen molar-refractivity contribution in [1.82, 2.24) is 9.97 Å². The molecule has 4 heteroatoms. The molecule has 0 aromatic carbocycles. The first-order valence-electron chi connectivity index (χ1n) is 5.39. The van der Waals surface area contributed by atoms with Crippen molar-refractivity contribution in [3.8, 4) is 0 Å². The van der Waals surface area contributed by atoms with Gasteiger partial charge in [-0.3, -0.25) is 0 Å². The number of nitrogens with zero attached hydrogens (tertiary/aromatic N) is 2. The third-order valence-corrected chi connectivity index (χ3v) is 2.83. The summed E-state index contributed by atoms with van der Waals surface area (Å²) in [5.41, 5.74) is 0.876. The zero-order valence-corrected chi connectivity index (χ0v) is 10.7. The second-order valence-corrected chi connectivity index (χ2v) is 4.27. The first-order chi connectivity index (χ1) is 7.19. The molecule has 0 radical (unpaired) electrons. The van der Waals surface area contributed by atoms with Crippen LogP contribution in [-0.4, -0.2) is 9.97 Å². The molecule has 0 saturated heterocycles. The number of aryl methyl sites for hydroxylation is 1. The Kier molecular flexibility index (Phi) is 5.34. The summed E-state index contributed by atoms with van der Waals surface area (Å²) in [6.45, 7) is 4.21. The molecule has 0 unspecified atom stereocenters. The largest absolute Gasteiger partial charge is 0.221 e. The maximum atomic E-state index is 6.06. The molecule has 0 aliphatic carbocycles. The van der Waals surface area contributed by atoms with Gasteiger partial charge in [-0.05, 0) is 12.8 Å². The van der Waals surface area contributed by atoms with Gasteiger partial charge in [0.1, 0.15) is 16.1 Å². The molecular weight excluding hydrogens is 231 g/mol. The number of halogens is 2. The van der Waals surface area contributed by atoms with E-state index in [0.717, 1.165) is 43.5 Å². The predicted octanol–water partition coefficient (Wildman–Crippen LogP) is 4.08. The van der Waals surface area contributed by atoms with Crippen LogP contribution in [0.3, 0.4) is 0 Å². The molecule has 15 heavy (non-hydrogen) atoms. The van der Waals surface area contributed by atoms with Crippen LogP contribution >= 0.6 is 23.2 Å². The number of unbranched alkanes of at least 4 members (excludes halogenated alkanes) is 1. The minimum atomic E-state index is 0.517. The van der Waals surface area contributed by atoms with Crippen molar-refractivity contribution in [3.63, 3.8) is 0 Å². The second-order valence-electron chi connectivity index (χ2n) is 3.55. The van der Waals surface area contributed by atoms with Crippen LogP contribution in [0.4, 0.5) is 0 Å². The van der Waals surface area contributed by atoms with Crippen LogP contribution in [0.1, 0.15) is 44.5 Å². The number of rotatable bonds is 5. The van der Waals surface area contributed by atoms with Gasteiger partial charge in [-0.25, -0.2) is 9.97 Å². The van der Waals surface area contributed by atoms with Gasteiger partial charge in [-0.1, -0.05) is 49.9 Å². The molecule has 0 aliphatic heterocycles. The molecule has 0 saturated carbocycles. The van der Waals surface area contributed by atoms with E-state index in [-0.39, 0.29) is 0 Å². The van der Waals surface area contributed by atoms with Crippen molar-refractivity contribution in [3.05, 3.63) is 21.7 Å². The quantitative estimate of drug-likeness (QED) is 0.732. The highest BCUT2D eigenvalue weighted by atomic mass is 35.5. The second kappa shape index (κ2) is 6.29. The molecule has 0 spiro atoms. The first-order valence-corrected chi connectivity index (χ1v) is 6.15. The molecule has 1 rings (SSSR count). The molecule has 1 aromatic heterocycles. The lowest BCUT2D eigenvalue weighted by atomic mass is 10.2. The lowest BCUT2D eigenvalue weighted by Gasteiger charge is -2.06. The fraction of sp³-hybridized carbons (Fsp3) is 0.636. The van der Waals surface area contributed by atoms with Gasteiger partial charge in [0.2, 0.25) is 0 Å². The standard InChI is InChI=1S/C11H16Cl2N2/c1-3-5-7-9-14-10(12)8(6-4-2)11(13)15-9/h3-7H2,1-2H3. The van der Waals surface area contributed by atoms with Crippen LogP contribution in [0.5, 0.6) is 0 Å². The maximum absolute atomic E-state index is 6.06. The van der Waals surface area contributed by atoms with E-state index in [1.807, 2.05) is 0 Å². The summed E-state index contributed by atoms with van der Waals surface area (Å²) in [4.78, 5) is 8.52. The van der Waals surface area contributed by atoms with E-state index in [1.54, 1.807) is 0 Å². The molecule has 1 aromatic rings. The SMILES string of the molecule is CCCCc1nc(Cl)c(CCC)c(Cl)n1. The van der Waals surface area contributed by atoms with Crippen LogP contribution < -0.4 is 0 Å². The van der Waals surface area contributed by atoms with E-state index in [1.165, 1.54) is 0 Å². The van der Waals surface area contributed by atoms with E-state index in [0.29, 0.717) is 10.3 Å². The fourth-order valence-corrected chi connectivity index (χ4v) is 1.99. The molecule has 0 amide bonds. The summed E-state index contributed by atoms with van der Waals surface area (Å²) in [5.74, 6) is 0.756. The number of aromatic nitrogens is 2. The molecule has 84 valence electrons. The van der Waals surface area contributed by atoms with Crippen molar-refractivity contribution in [2.75, 3.05) is 0 Å². The van der Waals surface area contributed by atoms with Gasteiger partial charge in [0.15, 0.2) is 0 Å². The summed E-state index contributed by atoms with van der Waals surface area (Å²) >= 11 is 12.1. The summed E-state index contributed by atoms with van der Waals surface area (Å²) < 4.78 is 0. The van der Waals surface area contributed by atoms with Crippen molar-refractivity contribution < 1.29 is 0 Å². The van der Waals surface area contributed by atoms with Crippen LogP contribution in [-0.2, 0) is 12.8 Å². The first kappa shape index (κ1) is 12.7. The molecule has 0 atom stereocenters. The van der Waals surface area contributed by atoms with E-state index in [4.69, 9.17) is 23.2 Å². The molecule has 0 N–H and O–H groups in total. The van der Waals surface area contributed by atoms with E-state index in [9.17, 15) is 0 Å². The van der Waals surface area contributed by atoms with Gasteiger partial charge < -0.3 is 0 Å². The molecule has 2 nitrogen and oxygen atoms in total. The van der Waals surface area contributed by atoms with E-state index < -0.39 is 0 Å². The Morgan fingerprint density at radius 1 is 0.933 bits per heavy atom. The van der Waals surface area contributed by atoms with Crippen molar-refractivity contribution in [2.45, 2.75) is 46.0 Å². The fourth-order valence-electron chi connectivity index (χ4n) is 1.37. The molecule has 0 aliphatic rings. The van der Waals surface area contributed by atoms with E-state index >= 15 is 0 Å². The molecular formula is C11H16Cl2N2. The van der Waals surface area contributed by atoms with Crippen LogP contribution in [0.15, 0.2) is 0 Å². The van der Waals surface area contributed by atoms with Gasteiger partial charge >= 0.3 is 0 Å². The zero-order valence-electron chi connectivity index (χ0n) is 9.19. The topological polar surface area (TPSA) is 25.8 Å². The third-order valence-electron chi connectivity index (χ3n) is 2.21. The number of hydrogen-bond acceptors (Lipinski definition) is 2. The van der Waals surface area contributed by atoms with Crippen molar-refractivity contribution in [1.29, 1.82) is 0 Å².